The summed E-state index contributed by atoms with van der Waals surface area (Å²) in [4.78, 5) is 4.25. The molecular formula is C11H16N4. The van der Waals surface area contributed by atoms with Crippen molar-refractivity contribution in [3.8, 4) is 0 Å². The van der Waals surface area contributed by atoms with Gasteiger partial charge in [0.25, 0.3) is 0 Å². The van der Waals surface area contributed by atoms with E-state index in [1.54, 1.807) is 6.33 Å². The highest BCUT2D eigenvalue weighted by molar-refractivity contribution is 5.67. The van der Waals surface area contributed by atoms with Gasteiger partial charge in [0.15, 0.2) is 5.82 Å². The second kappa shape index (κ2) is 4.29. The largest absolute Gasteiger partial charge is 0.368 e. The van der Waals surface area contributed by atoms with Gasteiger partial charge in [0.05, 0.1) is 0 Å². The van der Waals surface area contributed by atoms with Crippen LogP contribution < -0.4 is 5.32 Å². The number of unbranched alkanes of at least 4 members (excludes halogenated alkanes) is 1. The minimum atomic E-state index is 0.923. The second-order valence-electron chi connectivity index (χ2n) is 3.66. The Balaban J connectivity index is 2.26. The number of aromatic nitrogens is 3. The van der Waals surface area contributed by atoms with Crippen molar-refractivity contribution >= 4 is 11.3 Å². The maximum Gasteiger partial charge on any atom is 0.153 e. The first-order valence-corrected chi connectivity index (χ1v) is 5.36. The van der Waals surface area contributed by atoms with Gasteiger partial charge in [0, 0.05) is 12.2 Å². The third-order valence-corrected chi connectivity index (χ3v) is 2.46. The van der Waals surface area contributed by atoms with Crippen molar-refractivity contribution in [3.05, 3.63) is 24.2 Å². The number of anilines is 1. The molecule has 0 aliphatic heterocycles. The third-order valence-electron chi connectivity index (χ3n) is 2.46. The van der Waals surface area contributed by atoms with Crippen molar-refractivity contribution in [2.45, 2.75) is 26.7 Å². The zero-order chi connectivity index (χ0) is 10.7. The van der Waals surface area contributed by atoms with Crippen LogP contribution in [0.25, 0.3) is 5.52 Å². The predicted octanol–water partition coefficient (Wildman–Crippen LogP) is 2.25. The van der Waals surface area contributed by atoms with Gasteiger partial charge < -0.3 is 5.32 Å². The summed E-state index contributed by atoms with van der Waals surface area (Å²) in [6.07, 6.45) is 3.94. The molecule has 4 nitrogen and oxygen atoms in total. The number of rotatable bonds is 4. The summed E-state index contributed by atoms with van der Waals surface area (Å²) in [7, 11) is 0. The van der Waals surface area contributed by atoms with Gasteiger partial charge in [-0.3, -0.25) is 0 Å². The monoisotopic (exact) mass is 204 g/mol. The summed E-state index contributed by atoms with van der Waals surface area (Å²) in [5.74, 6) is 0.923. The summed E-state index contributed by atoms with van der Waals surface area (Å²) in [5.41, 5.74) is 2.18. The highest BCUT2D eigenvalue weighted by Gasteiger charge is 2.04. The molecule has 2 heterocycles. The van der Waals surface area contributed by atoms with Crippen LogP contribution in [0.1, 0.15) is 25.5 Å². The van der Waals surface area contributed by atoms with Crippen molar-refractivity contribution in [2.75, 3.05) is 11.9 Å². The Bertz CT molecular complexity index is 447. The lowest BCUT2D eigenvalue weighted by molar-refractivity contribution is 0.822. The van der Waals surface area contributed by atoms with E-state index >= 15 is 0 Å². The number of aryl methyl sites for hydroxylation is 1. The molecule has 2 rings (SSSR count). The number of hydrogen-bond acceptors (Lipinski definition) is 3. The molecule has 0 fully saturated rings. The molecule has 0 amide bonds. The summed E-state index contributed by atoms with van der Waals surface area (Å²) in [5, 5.41) is 7.53. The lowest BCUT2D eigenvalue weighted by Gasteiger charge is -2.06. The standard InChI is InChI=1S/C11H16N4/c1-3-4-7-12-11-10-6-5-9(2)15(10)14-8-13-11/h5-6,8H,3-4,7H2,1-2H3,(H,12,13,14). The van der Waals surface area contributed by atoms with Crippen LogP contribution >= 0.6 is 0 Å². The van der Waals surface area contributed by atoms with Gasteiger partial charge in [-0.15, -0.1) is 0 Å². The summed E-state index contributed by atoms with van der Waals surface area (Å²) >= 11 is 0. The van der Waals surface area contributed by atoms with Gasteiger partial charge in [-0.2, -0.15) is 5.10 Å². The van der Waals surface area contributed by atoms with E-state index in [0.29, 0.717) is 0 Å². The van der Waals surface area contributed by atoms with Gasteiger partial charge >= 0.3 is 0 Å². The molecule has 0 aliphatic rings. The molecule has 0 bridgehead atoms. The van der Waals surface area contributed by atoms with Crippen molar-refractivity contribution in [3.63, 3.8) is 0 Å². The molecule has 2 aromatic heterocycles. The van der Waals surface area contributed by atoms with E-state index in [-0.39, 0.29) is 0 Å². The molecule has 0 radical (unpaired) electrons. The van der Waals surface area contributed by atoms with Gasteiger partial charge in [-0.1, -0.05) is 13.3 Å². The molecule has 0 spiro atoms. The van der Waals surface area contributed by atoms with Gasteiger partial charge in [0.2, 0.25) is 0 Å². The zero-order valence-corrected chi connectivity index (χ0v) is 9.20. The Morgan fingerprint density at radius 1 is 1.40 bits per heavy atom. The van der Waals surface area contributed by atoms with Crippen LogP contribution in [-0.4, -0.2) is 21.1 Å². The molecule has 4 heteroatoms. The smallest absolute Gasteiger partial charge is 0.153 e. The number of hydrogen-bond donors (Lipinski definition) is 1. The van der Waals surface area contributed by atoms with Crippen LogP contribution in [0.4, 0.5) is 5.82 Å². The van der Waals surface area contributed by atoms with Crippen LogP contribution in [0.2, 0.25) is 0 Å². The minimum Gasteiger partial charge on any atom is -0.368 e. The Morgan fingerprint density at radius 2 is 2.27 bits per heavy atom. The molecule has 80 valence electrons. The highest BCUT2D eigenvalue weighted by atomic mass is 15.3. The quantitative estimate of drug-likeness (QED) is 0.777. The molecule has 15 heavy (non-hydrogen) atoms. The molecule has 1 N–H and O–H groups in total. The fraction of sp³-hybridized carbons (Fsp3) is 0.455. The van der Waals surface area contributed by atoms with E-state index < -0.39 is 0 Å². The van der Waals surface area contributed by atoms with Crippen molar-refractivity contribution in [1.82, 2.24) is 14.6 Å². The molecule has 0 unspecified atom stereocenters. The summed E-state index contributed by atoms with van der Waals surface area (Å²) in [6.45, 7) is 5.18. The molecule has 0 aliphatic carbocycles. The van der Waals surface area contributed by atoms with E-state index in [1.165, 1.54) is 6.42 Å². The van der Waals surface area contributed by atoms with E-state index in [0.717, 1.165) is 30.0 Å². The van der Waals surface area contributed by atoms with E-state index in [1.807, 2.05) is 17.5 Å². The summed E-state index contributed by atoms with van der Waals surface area (Å²) < 4.78 is 1.90. The van der Waals surface area contributed by atoms with Crippen LogP contribution in [0, 0.1) is 6.92 Å². The first-order valence-electron chi connectivity index (χ1n) is 5.36. The maximum absolute atomic E-state index is 4.25. The third kappa shape index (κ3) is 1.93. The van der Waals surface area contributed by atoms with E-state index in [4.69, 9.17) is 0 Å². The topological polar surface area (TPSA) is 42.2 Å². The molecule has 0 aromatic carbocycles. The fourth-order valence-electron chi connectivity index (χ4n) is 1.58. The van der Waals surface area contributed by atoms with E-state index in [2.05, 4.69) is 28.4 Å². The normalized spacial score (nSPS) is 10.8. The van der Waals surface area contributed by atoms with Crippen LogP contribution in [0.15, 0.2) is 18.5 Å². The number of nitrogens with one attached hydrogen (secondary N) is 1. The van der Waals surface area contributed by atoms with Crippen molar-refractivity contribution < 1.29 is 0 Å². The lowest BCUT2D eigenvalue weighted by atomic mass is 10.3. The van der Waals surface area contributed by atoms with Crippen LogP contribution in [-0.2, 0) is 0 Å². The first kappa shape index (κ1) is 9.96. The van der Waals surface area contributed by atoms with Crippen LogP contribution in [0.5, 0.6) is 0 Å². The Hall–Kier alpha value is -1.58. The molecule has 0 saturated carbocycles. The number of nitrogens with zero attached hydrogens (tertiary/aromatic N) is 3. The minimum absolute atomic E-state index is 0.923. The first-order chi connectivity index (χ1) is 7.33. The Labute approximate surface area is 89.3 Å². The molecule has 2 aromatic rings. The van der Waals surface area contributed by atoms with E-state index in [9.17, 15) is 0 Å². The predicted molar refractivity (Wildman–Crippen MR) is 61.1 cm³/mol. The lowest BCUT2D eigenvalue weighted by Crippen LogP contribution is -2.06. The molecular weight excluding hydrogens is 188 g/mol. The highest BCUT2D eigenvalue weighted by Crippen LogP contribution is 2.15. The fourth-order valence-corrected chi connectivity index (χ4v) is 1.58. The Kier molecular flexibility index (Phi) is 2.85. The average Bonchev–Trinajstić information content (AvgIpc) is 2.62. The summed E-state index contributed by atoms with van der Waals surface area (Å²) in [6, 6.07) is 4.10. The van der Waals surface area contributed by atoms with Crippen molar-refractivity contribution in [2.24, 2.45) is 0 Å². The second-order valence-corrected chi connectivity index (χ2v) is 3.66. The number of fused-ring (bicyclic) bond motifs is 1. The molecule has 0 atom stereocenters. The van der Waals surface area contributed by atoms with Gasteiger partial charge in [0.1, 0.15) is 11.8 Å². The SMILES string of the molecule is CCCCNc1ncnn2c(C)ccc12. The Morgan fingerprint density at radius 3 is 3.07 bits per heavy atom. The van der Waals surface area contributed by atoms with Gasteiger partial charge in [-0.05, 0) is 25.5 Å². The van der Waals surface area contributed by atoms with Crippen molar-refractivity contribution in [1.29, 1.82) is 0 Å². The zero-order valence-electron chi connectivity index (χ0n) is 9.20. The van der Waals surface area contributed by atoms with Gasteiger partial charge in [-0.25, -0.2) is 9.50 Å². The van der Waals surface area contributed by atoms with Crippen LogP contribution in [0.3, 0.4) is 0 Å². The maximum atomic E-state index is 4.25. The molecule has 0 saturated heterocycles. The average molecular weight is 204 g/mol.